The van der Waals surface area contributed by atoms with Crippen LogP contribution in [0.2, 0.25) is 0 Å². The van der Waals surface area contributed by atoms with Gasteiger partial charge in [0, 0.05) is 12.0 Å². The minimum atomic E-state index is -0.940. The van der Waals surface area contributed by atoms with E-state index in [2.05, 4.69) is 6.07 Å². The zero-order chi connectivity index (χ0) is 12.4. The van der Waals surface area contributed by atoms with Crippen molar-refractivity contribution in [3.05, 3.63) is 35.4 Å². The van der Waals surface area contributed by atoms with E-state index in [0.29, 0.717) is 6.61 Å². The lowest BCUT2D eigenvalue weighted by Gasteiger charge is -2.18. The maximum atomic E-state index is 10.7. The molecule has 0 saturated heterocycles. The highest BCUT2D eigenvalue weighted by atomic mass is 16.5. The summed E-state index contributed by atoms with van der Waals surface area (Å²) in [7, 11) is 0. The lowest BCUT2D eigenvalue weighted by molar-refractivity contribution is -0.149. The second-order valence-electron chi connectivity index (χ2n) is 4.49. The molecule has 3 N–H and O–H groups in total. The van der Waals surface area contributed by atoms with Crippen LogP contribution in [0.15, 0.2) is 24.3 Å². The Labute approximate surface area is 100 Å². The number of rotatable bonds is 4. The maximum absolute atomic E-state index is 10.7. The Morgan fingerprint density at radius 3 is 3.00 bits per heavy atom. The molecule has 4 heteroatoms. The molecule has 0 fully saturated rings. The third-order valence-corrected chi connectivity index (χ3v) is 3.30. The number of fused-ring (bicyclic) bond motifs is 1. The Morgan fingerprint density at radius 1 is 1.59 bits per heavy atom. The summed E-state index contributed by atoms with van der Waals surface area (Å²) < 4.78 is 5.34. The van der Waals surface area contributed by atoms with Crippen LogP contribution >= 0.6 is 0 Å². The predicted molar refractivity (Wildman–Crippen MR) is 63.9 cm³/mol. The number of carbonyl (C=O) groups is 1. The molecule has 3 atom stereocenters. The summed E-state index contributed by atoms with van der Waals surface area (Å²) in [4.78, 5) is 10.7. The fraction of sp³-hybridized carbons (Fsp3) is 0.462. The average molecular weight is 235 g/mol. The number of hydrogen-bond donors (Lipinski definition) is 2. The van der Waals surface area contributed by atoms with Gasteiger partial charge in [0.05, 0.1) is 6.61 Å². The molecule has 0 spiro atoms. The Bertz CT molecular complexity index is 419. The van der Waals surface area contributed by atoms with Gasteiger partial charge in [0.15, 0.2) is 6.10 Å². The van der Waals surface area contributed by atoms with Crippen molar-refractivity contribution in [3.63, 3.8) is 0 Å². The second kappa shape index (κ2) is 4.85. The first-order valence-electron chi connectivity index (χ1n) is 5.77. The van der Waals surface area contributed by atoms with Crippen molar-refractivity contribution in [1.82, 2.24) is 0 Å². The van der Waals surface area contributed by atoms with Crippen molar-refractivity contribution in [3.8, 4) is 0 Å². The number of carboxylic acids is 1. The number of benzene rings is 1. The quantitative estimate of drug-likeness (QED) is 0.821. The third-order valence-electron chi connectivity index (χ3n) is 3.30. The molecule has 1 aromatic rings. The van der Waals surface area contributed by atoms with Crippen LogP contribution in [-0.2, 0) is 16.0 Å². The summed E-state index contributed by atoms with van der Waals surface area (Å²) in [5.41, 5.74) is 8.50. The van der Waals surface area contributed by atoms with Crippen molar-refractivity contribution in [2.24, 2.45) is 5.73 Å². The van der Waals surface area contributed by atoms with E-state index < -0.39 is 12.1 Å². The van der Waals surface area contributed by atoms with Crippen LogP contribution in [-0.4, -0.2) is 29.8 Å². The van der Waals surface area contributed by atoms with E-state index in [9.17, 15) is 4.79 Å². The van der Waals surface area contributed by atoms with Crippen molar-refractivity contribution in [1.29, 1.82) is 0 Å². The molecule has 0 aromatic heterocycles. The molecule has 1 aliphatic carbocycles. The summed E-state index contributed by atoms with van der Waals surface area (Å²) in [6, 6.07) is 8.10. The molecule has 2 rings (SSSR count). The van der Waals surface area contributed by atoms with Crippen LogP contribution < -0.4 is 5.73 Å². The maximum Gasteiger partial charge on any atom is 0.332 e. The number of aliphatic carboxylic acids is 1. The molecule has 0 heterocycles. The standard InChI is InChI=1S/C13H17NO3/c1-8(13(15)16)17-7-11-10-5-3-2-4-9(10)6-12(11)14/h2-5,8,11-12H,6-7,14H2,1H3,(H,15,16)/t8-,11-,12-/m1/s1. The van der Waals surface area contributed by atoms with Gasteiger partial charge in [-0.3, -0.25) is 0 Å². The van der Waals surface area contributed by atoms with E-state index in [1.54, 1.807) is 0 Å². The van der Waals surface area contributed by atoms with Crippen LogP contribution in [0.4, 0.5) is 0 Å². The highest BCUT2D eigenvalue weighted by molar-refractivity contribution is 5.71. The molecule has 0 radical (unpaired) electrons. The van der Waals surface area contributed by atoms with Crippen LogP contribution in [0.5, 0.6) is 0 Å². The zero-order valence-electron chi connectivity index (χ0n) is 9.80. The van der Waals surface area contributed by atoms with Gasteiger partial charge in [-0.2, -0.15) is 0 Å². The van der Waals surface area contributed by atoms with Gasteiger partial charge in [-0.15, -0.1) is 0 Å². The van der Waals surface area contributed by atoms with Gasteiger partial charge >= 0.3 is 5.97 Å². The monoisotopic (exact) mass is 235 g/mol. The minimum absolute atomic E-state index is 0.0217. The molecule has 92 valence electrons. The Morgan fingerprint density at radius 2 is 2.29 bits per heavy atom. The first kappa shape index (κ1) is 12.1. The van der Waals surface area contributed by atoms with Crippen molar-refractivity contribution < 1.29 is 14.6 Å². The molecule has 1 aromatic carbocycles. The minimum Gasteiger partial charge on any atom is -0.479 e. The van der Waals surface area contributed by atoms with Gasteiger partial charge in [0.25, 0.3) is 0 Å². The molecule has 0 bridgehead atoms. The topological polar surface area (TPSA) is 72.5 Å². The Kier molecular flexibility index (Phi) is 3.45. The second-order valence-corrected chi connectivity index (χ2v) is 4.49. The molecule has 1 aliphatic rings. The lowest BCUT2D eigenvalue weighted by Crippen LogP contribution is -2.30. The SMILES string of the molecule is C[C@@H](OC[C@@H]1c2ccccc2C[C@H]1N)C(=O)O. The van der Waals surface area contributed by atoms with E-state index in [1.165, 1.54) is 18.1 Å². The van der Waals surface area contributed by atoms with E-state index in [0.717, 1.165) is 6.42 Å². The van der Waals surface area contributed by atoms with Gasteiger partial charge in [-0.1, -0.05) is 24.3 Å². The number of nitrogens with two attached hydrogens (primary N) is 1. The summed E-state index contributed by atoms with van der Waals surface area (Å²) in [6.45, 7) is 1.90. The van der Waals surface area contributed by atoms with E-state index in [1.807, 2.05) is 18.2 Å². The fourth-order valence-corrected chi connectivity index (χ4v) is 2.24. The van der Waals surface area contributed by atoms with Gasteiger partial charge in [-0.25, -0.2) is 4.79 Å². The normalized spacial score (nSPS) is 24.4. The van der Waals surface area contributed by atoms with Crippen LogP contribution in [0, 0.1) is 0 Å². The van der Waals surface area contributed by atoms with Gasteiger partial charge in [-0.05, 0) is 24.5 Å². The van der Waals surface area contributed by atoms with Crippen molar-refractivity contribution in [2.75, 3.05) is 6.61 Å². The molecule has 17 heavy (non-hydrogen) atoms. The highest BCUT2D eigenvalue weighted by Crippen LogP contribution is 2.32. The molecular formula is C13H17NO3. The van der Waals surface area contributed by atoms with Gasteiger partial charge < -0.3 is 15.6 Å². The van der Waals surface area contributed by atoms with Crippen LogP contribution in [0.1, 0.15) is 24.0 Å². The number of ether oxygens (including phenoxy) is 1. The molecular weight excluding hydrogens is 218 g/mol. The van der Waals surface area contributed by atoms with E-state index in [4.69, 9.17) is 15.6 Å². The van der Waals surface area contributed by atoms with E-state index >= 15 is 0 Å². The van der Waals surface area contributed by atoms with Gasteiger partial charge in [0.1, 0.15) is 0 Å². The molecule has 4 nitrogen and oxygen atoms in total. The van der Waals surface area contributed by atoms with Crippen LogP contribution in [0.25, 0.3) is 0 Å². The number of carboxylic acid groups (broad SMARTS) is 1. The Balaban J connectivity index is 2.04. The smallest absolute Gasteiger partial charge is 0.332 e. The van der Waals surface area contributed by atoms with Crippen molar-refractivity contribution in [2.45, 2.75) is 31.4 Å². The number of hydrogen-bond acceptors (Lipinski definition) is 3. The summed E-state index contributed by atoms with van der Waals surface area (Å²) in [6.07, 6.45) is 0.0565. The average Bonchev–Trinajstić information content (AvgIpc) is 2.61. The highest BCUT2D eigenvalue weighted by Gasteiger charge is 2.30. The van der Waals surface area contributed by atoms with Crippen molar-refractivity contribution >= 4 is 5.97 Å². The van der Waals surface area contributed by atoms with E-state index in [-0.39, 0.29) is 12.0 Å². The summed E-state index contributed by atoms with van der Waals surface area (Å²) in [5, 5.41) is 8.76. The van der Waals surface area contributed by atoms with Gasteiger partial charge in [0.2, 0.25) is 0 Å². The molecule has 0 unspecified atom stereocenters. The largest absolute Gasteiger partial charge is 0.479 e. The fourth-order valence-electron chi connectivity index (χ4n) is 2.24. The zero-order valence-corrected chi connectivity index (χ0v) is 9.80. The lowest BCUT2D eigenvalue weighted by atomic mass is 10.00. The molecule has 0 saturated carbocycles. The first-order chi connectivity index (χ1) is 8.09. The molecule has 0 aliphatic heterocycles. The van der Waals surface area contributed by atoms with Crippen LogP contribution in [0.3, 0.4) is 0 Å². The summed E-state index contributed by atoms with van der Waals surface area (Å²) >= 11 is 0. The first-order valence-corrected chi connectivity index (χ1v) is 5.77. The Hall–Kier alpha value is -1.39. The molecule has 0 amide bonds. The predicted octanol–water partition coefficient (Wildman–Crippen LogP) is 1.14. The third kappa shape index (κ3) is 2.48. The summed E-state index contributed by atoms with van der Waals surface area (Å²) in [5.74, 6) is -0.835.